The molecule has 0 saturated carbocycles. The Hall–Kier alpha value is -1.92. The maximum absolute atomic E-state index is 12.7. The summed E-state index contributed by atoms with van der Waals surface area (Å²) in [7, 11) is 2.82. The summed E-state index contributed by atoms with van der Waals surface area (Å²) in [5, 5.41) is 5.45. The van der Waals surface area contributed by atoms with E-state index in [1.165, 1.54) is 14.2 Å². The van der Waals surface area contributed by atoms with Crippen LogP contribution in [0.3, 0.4) is 0 Å². The van der Waals surface area contributed by atoms with Gasteiger partial charge in [0.15, 0.2) is 0 Å². The number of amides is 2. The van der Waals surface area contributed by atoms with E-state index in [2.05, 4.69) is 10.6 Å². The highest BCUT2D eigenvalue weighted by Crippen LogP contribution is 2.27. The molecule has 2 atom stereocenters. The van der Waals surface area contributed by atoms with Gasteiger partial charge in [0.05, 0.1) is 0 Å². The first-order valence-corrected chi connectivity index (χ1v) is 7.67. The number of methoxy groups -OCH3 is 2. The summed E-state index contributed by atoms with van der Waals surface area (Å²) in [6.07, 6.45) is 0.621. The van der Waals surface area contributed by atoms with Crippen LogP contribution in [0, 0.1) is 5.92 Å². The normalized spacial score (nSPS) is 27.7. The van der Waals surface area contributed by atoms with Gasteiger partial charge >= 0.3 is 0 Å². The molecule has 1 fully saturated rings. The van der Waals surface area contributed by atoms with Gasteiger partial charge in [-0.15, -0.1) is 0 Å². The summed E-state index contributed by atoms with van der Waals surface area (Å²) in [5.74, 6) is -0.637. The van der Waals surface area contributed by atoms with Gasteiger partial charge in [-0.25, -0.2) is 0 Å². The minimum atomic E-state index is -1.43. The zero-order valence-electron chi connectivity index (χ0n) is 14.0. The summed E-state index contributed by atoms with van der Waals surface area (Å²) >= 11 is 0. The highest BCUT2D eigenvalue weighted by atomic mass is 16.5. The average Bonchev–Trinajstić information content (AvgIpc) is 2.52. The van der Waals surface area contributed by atoms with Crippen LogP contribution < -0.4 is 10.6 Å². The Bertz CT molecular complexity index is 575. The summed E-state index contributed by atoms with van der Waals surface area (Å²) in [6, 6.07) is 9.40. The van der Waals surface area contributed by atoms with E-state index in [-0.39, 0.29) is 12.3 Å². The van der Waals surface area contributed by atoms with Crippen molar-refractivity contribution in [2.24, 2.45) is 5.92 Å². The maximum atomic E-state index is 12.7. The number of ether oxygens (including phenoxy) is 2. The fourth-order valence-electron chi connectivity index (χ4n) is 2.85. The van der Waals surface area contributed by atoms with Crippen LogP contribution >= 0.6 is 0 Å². The Morgan fingerprint density at radius 2 is 1.48 bits per heavy atom. The van der Waals surface area contributed by atoms with Gasteiger partial charge in [0.1, 0.15) is 0 Å². The Balaban J connectivity index is 2.28. The molecular formula is C17H24N2O4. The van der Waals surface area contributed by atoms with E-state index < -0.39 is 23.3 Å². The third-order valence-electron chi connectivity index (χ3n) is 4.05. The van der Waals surface area contributed by atoms with Gasteiger partial charge in [-0.05, 0) is 11.5 Å². The molecule has 0 bridgehead atoms. The monoisotopic (exact) mass is 320 g/mol. The summed E-state index contributed by atoms with van der Waals surface area (Å²) in [5.41, 5.74) is -1.90. The van der Waals surface area contributed by atoms with Gasteiger partial charge in [-0.1, -0.05) is 44.2 Å². The molecule has 2 N–H and O–H groups in total. The number of nitrogens with one attached hydrogen (secondary N) is 2. The molecule has 0 unspecified atom stereocenters. The fourth-order valence-corrected chi connectivity index (χ4v) is 2.85. The zero-order valence-corrected chi connectivity index (χ0v) is 14.0. The molecule has 1 aromatic rings. The van der Waals surface area contributed by atoms with E-state index in [9.17, 15) is 9.59 Å². The van der Waals surface area contributed by atoms with Crippen molar-refractivity contribution in [3.8, 4) is 0 Å². The molecule has 0 spiro atoms. The van der Waals surface area contributed by atoms with Crippen LogP contribution in [0.25, 0.3) is 0 Å². The Labute approximate surface area is 136 Å². The summed E-state index contributed by atoms with van der Waals surface area (Å²) in [6.45, 7) is 3.92. The van der Waals surface area contributed by atoms with Gasteiger partial charge in [-0.2, -0.15) is 0 Å². The van der Waals surface area contributed by atoms with Gasteiger partial charge in [0.25, 0.3) is 11.8 Å². The predicted octanol–water partition coefficient (Wildman–Crippen LogP) is 1.21. The summed E-state index contributed by atoms with van der Waals surface area (Å²) < 4.78 is 10.8. The van der Waals surface area contributed by atoms with E-state index in [1.54, 1.807) is 0 Å². The van der Waals surface area contributed by atoms with Crippen LogP contribution in [-0.4, -0.2) is 37.5 Å². The molecule has 2 amide bonds. The van der Waals surface area contributed by atoms with Gasteiger partial charge in [-0.3, -0.25) is 9.59 Å². The van der Waals surface area contributed by atoms with Crippen LogP contribution in [0.4, 0.5) is 0 Å². The molecule has 6 nitrogen and oxygen atoms in total. The molecule has 2 rings (SSSR count). The Morgan fingerprint density at radius 3 is 2.00 bits per heavy atom. The summed E-state index contributed by atoms with van der Waals surface area (Å²) in [4.78, 5) is 25.4. The molecule has 0 aliphatic carbocycles. The number of hydrogen-bond acceptors (Lipinski definition) is 4. The Kier molecular flexibility index (Phi) is 5.06. The molecule has 0 aromatic heterocycles. The van der Waals surface area contributed by atoms with Crippen molar-refractivity contribution in [1.82, 2.24) is 10.6 Å². The van der Waals surface area contributed by atoms with Gasteiger partial charge in [0, 0.05) is 27.1 Å². The van der Waals surface area contributed by atoms with E-state index in [1.807, 2.05) is 44.2 Å². The predicted molar refractivity (Wildman–Crippen MR) is 85.4 cm³/mol. The molecule has 1 aliphatic rings. The van der Waals surface area contributed by atoms with Crippen molar-refractivity contribution in [3.63, 3.8) is 0 Å². The highest BCUT2D eigenvalue weighted by molar-refractivity contribution is 6.00. The van der Waals surface area contributed by atoms with Crippen LogP contribution in [-0.2, 0) is 25.5 Å². The van der Waals surface area contributed by atoms with E-state index >= 15 is 0 Å². The molecule has 0 radical (unpaired) electrons. The molecule has 1 aromatic carbocycles. The quantitative estimate of drug-likeness (QED) is 0.826. The number of rotatable bonds is 6. The molecule has 1 heterocycles. The topological polar surface area (TPSA) is 76.7 Å². The Morgan fingerprint density at radius 1 is 0.957 bits per heavy atom. The number of benzene rings is 1. The van der Waals surface area contributed by atoms with Crippen molar-refractivity contribution < 1.29 is 19.1 Å². The SMILES string of the molecule is CO[C@]1(Cc2ccccc2)NC(=O)[C@](CC(C)C)(OC)NC1=O. The lowest BCUT2D eigenvalue weighted by Gasteiger charge is -2.44. The molecule has 6 heteroatoms. The second kappa shape index (κ2) is 6.68. The van der Waals surface area contributed by atoms with E-state index in [4.69, 9.17) is 9.47 Å². The van der Waals surface area contributed by atoms with Gasteiger partial charge in [0.2, 0.25) is 11.4 Å². The van der Waals surface area contributed by atoms with E-state index in [0.717, 1.165) is 5.56 Å². The van der Waals surface area contributed by atoms with Crippen molar-refractivity contribution in [2.45, 2.75) is 38.1 Å². The molecule has 1 saturated heterocycles. The third kappa shape index (κ3) is 3.38. The smallest absolute Gasteiger partial charge is 0.276 e. The number of carbonyl (C=O) groups excluding carboxylic acids is 2. The molecular weight excluding hydrogens is 296 g/mol. The van der Waals surface area contributed by atoms with Gasteiger partial charge < -0.3 is 20.1 Å². The fraction of sp³-hybridized carbons (Fsp3) is 0.529. The first kappa shape index (κ1) is 17.4. The lowest BCUT2D eigenvalue weighted by atomic mass is 9.92. The van der Waals surface area contributed by atoms with Crippen molar-refractivity contribution in [3.05, 3.63) is 35.9 Å². The largest absolute Gasteiger partial charge is 0.350 e. The van der Waals surface area contributed by atoms with E-state index in [0.29, 0.717) is 6.42 Å². The molecule has 126 valence electrons. The molecule has 1 aliphatic heterocycles. The number of carbonyl (C=O) groups is 2. The van der Waals surface area contributed by atoms with Crippen molar-refractivity contribution in [1.29, 1.82) is 0 Å². The second-order valence-corrected chi connectivity index (χ2v) is 6.23. The average molecular weight is 320 g/mol. The maximum Gasteiger partial charge on any atom is 0.276 e. The third-order valence-corrected chi connectivity index (χ3v) is 4.05. The van der Waals surface area contributed by atoms with Crippen LogP contribution in [0.2, 0.25) is 0 Å². The lowest BCUT2D eigenvalue weighted by Crippen LogP contribution is -2.77. The lowest BCUT2D eigenvalue weighted by molar-refractivity contribution is -0.186. The van der Waals surface area contributed by atoms with Crippen LogP contribution in [0.1, 0.15) is 25.8 Å². The molecule has 23 heavy (non-hydrogen) atoms. The minimum absolute atomic E-state index is 0.171. The highest BCUT2D eigenvalue weighted by Gasteiger charge is 2.54. The van der Waals surface area contributed by atoms with Crippen LogP contribution in [0.15, 0.2) is 30.3 Å². The number of hydrogen-bond donors (Lipinski definition) is 2. The van der Waals surface area contributed by atoms with Crippen LogP contribution in [0.5, 0.6) is 0 Å². The van der Waals surface area contributed by atoms with Crippen molar-refractivity contribution in [2.75, 3.05) is 14.2 Å². The second-order valence-electron chi connectivity index (χ2n) is 6.23. The van der Waals surface area contributed by atoms with Crippen molar-refractivity contribution >= 4 is 11.8 Å². The standard InChI is InChI=1S/C17H24N2O4/c1-12(2)10-16(22-3)14(20)19-17(23-4,15(21)18-16)11-13-8-6-5-7-9-13/h5-9,12H,10-11H2,1-4H3,(H,18,21)(H,19,20)/t16-,17-/m0/s1. The first-order valence-electron chi connectivity index (χ1n) is 7.67. The zero-order chi connectivity index (χ0) is 17.1. The first-order chi connectivity index (χ1) is 10.9. The number of piperazine rings is 1. The minimum Gasteiger partial charge on any atom is -0.350 e.